The Hall–Kier alpha value is -2.29. The first-order valence-corrected chi connectivity index (χ1v) is 18.4. The number of carbonyl (C=O) groups excluding carboxylic acids is 1. The number of nitrogens with one attached hydrogen (secondary N) is 1. The van der Waals surface area contributed by atoms with Gasteiger partial charge in [-0.25, -0.2) is 0 Å². The highest BCUT2D eigenvalue weighted by molar-refractivity contribution is 5.98. The van der Waals surface area contributed by atoms with Gasteiger partial charge in [0, 0.05) is 51.2 Å². The van der Waals surface area contributed by atoms with Gasteiger partial charge in [0.05, 0.1) is 0 Å². The average Bonchev–Trinajstić information content (AvgIpc) is 3.27. The lowest BCUT2D eigenvalue weighted by Gasteiger charge is -2.19. The summed E-state index contributed by atoms with van der Waals surface area (Å²) in [6.07, 6.45) is 12.4. The number of hydrogen-bond acceptors (Lipinski definition) is 4. The molecule has 0 aromatic heterocycles. The lowest BCUT2D eigenvalue weighted by molar-refractivity contribution is -0.130. The van der Waals surface area contributed by atoms with Gasteiger partial charge in [0.2, 0.25) is 5.91 Å². The van der Waals surface area contributed by atoms with Crippen LogP contribution in [0.2, 0.25) is 0 Å². The maximum Gasteiger partial charge on any atom is 0.421 e. The SMILES string of the molecule is C=C.CC.CC/C=C(\CC)N/C=C(\C(N)=NCCCN1CCCCCC1=O)C(F)(F)F.CCC.CCCCCC.CCCOCCC. The normalized spacial score (nSPS) is 13.4. The minimum absolute atomic E-state index is 0.110. The third-order valence-electron chi connectivity index (χ3n) is 6.01. The Morgan fingerprint density at radius 1 is 0.915 bits per heavy atom. The number of nitrogens with two attached hydrogens (primary N) is 1. The number of likely N-dealkylation sites (tertiary alicyclic amines) is 1. The van der Waals surface area contributed by atoms with Crippen LogP contribution in [0.1, 0.15) is 159 Å². The number of halogens is 3. The number of allylic oxidation sites excluding steroid dienone is 2. The van der Waals surface area contributed by atoms with Gasteiger partial charge in [-0.1, -0.05) is 114 Å². The highest BCUT2D eigenvalue weighted by Gasteiger charge is 2.36. The fourth-order valence-electron chi connectivity index (χ4n) is 3.73. The van der Waals surface area contributed by atoms with Crippen molar-refractivity contribution in [3.05, 3.63) is 36.7 Å². The van der Waals surface area contributed by atoms with Gasteiger partial charge in [0.25, 0.3) is 0 Å². The van der Waals surface area contributed by atoms with E-state index in [1.54, 1.807) is 4.90 Å². The second-order valence-corrected chi connectivity index (χ2v) is 10.5. The molecule has 1 rings (SSSR count). The summed E-state index contributed by atoms with van der Waals surface area (Å²) < 4.78 is 44.9. The summed E-state index contributed by atoms with van der Waals surface area (Å²) in [6.45, 7) is 29.9. The zero-order chi connectivity index (χ0) is 37.4. The number of amides is 1. The first-order chi connectivity index (χ1) is 22.5. The summed E-state index contributed by atoms with van der Waals surface area (Å²) in [4.78, 5) is 17.6. The summed E-state index contributed by atoms with van der Waals surface area (Å²) in [5.41, 5.74) is 5.32. The van der Waals surface area contributed by atoms with Crippen molar-refractivity contribution in [1.29, 1.82) is 0 Å². The van der Waals surface area contributed by atoms with E-state index >= 15 is 0 Å². The fraction of sp³-hybridized carbons (Fsp3) is 0.789. The van der Waals surface area contributed by atoms with Gasteiger partial charge < -0.3 is 20.7 Å². The maximum atomic E-state index is 13.3. The van der Waals surface area contributed by atoms with Gasteiger partial charge in [-0.3, -0.25) is 9.79 Å². The highest BCUT2D eigenvalue weighted by Crippen LogP contribution is 2.25. The standard InChI is InChI=1S/C19H31F3N4O.C6H14O.C6H14.C3H8.C2H6.C2H4/c1-3-9-15(4-2)25-14-16(19(20,21)22)18(23)24-11-8-13-26-12-7-5-6-10-17(26)27;1-3-5-7-6-4-2;1-3-5-6-4-2;1-3-2;2*1-2/h9,14,25H,3-8,10-13H2,1-2H3,(H2,23,24);3-6H2,1-2H3;3-6H2,1-2H3;3H2,1-2H3;1-2H3;1-2H2/b15-9+,16-14+;;;;;. The lowest BCUT2D eigenvalue weighted by atomic mass is 10.2. The second-order valence-electron chi connectivity index (χ2n) is 10.5. The van der Waals surface area contributed by atoms with Crippen molar-refractivity contribution in [2.24, 2.45) is 10.7 Å². The second kappa shape index (κ2) is 43.7. The molecule has 47 heavy (non-hydrogen) atoms. The Morgan fingerprint density at radius 2 is 1.45 bits per heavy atom. The van der Waals surface area contributed by atoms with Crippen LogP contribution in [-0.2, 0) is 9.53 Å². The van der Waals surface area contributed by atoms with Crippen molar-refractivity contribution >= 4 is 11.7 Å². The molecule has 3 N–H and O–H groups in total. The van der Waals surface area contributed by atoms with Crippen LogP contribution >= 0.6 is 0 Å². The molecule has 9 heteroatoms. The molecule has 6 nitrogen and oxygen atoms in total. The molecule has 1 fully saturated rings. The first kappa shape index (κ1) is 54.2. The first-order valence-electron chi connectivity index (χ1n) is 18.4. The van der Waals surface area contributed by atoms with Crippen molar-refractivity contribution in [1.82, 2.24) is 10.2 Å². The Bertz CT molecular complexity index is 731. The number of unbranched alkanes of at least 4 members (excludes halogenated alkanes) is 3. The summed E-state index contributed by atoms with van der Waals surface area (Å²) in [6, 6.07) is 0. The molecule has 0 aromatic carbocycles. The maximum absolute atomic E-state index is 13.3. The monoisotopic (exact) mass is 679 g/mol. The average molecular weight is 679 g/mol. The number of carbonyl (C=O) groups is 1. The molecule has 0 saturated carbocycles. The zero-order valence-corrected chi connectivity index (χ0v) is 32.4. The lowest BCUT2D eigenvalue weighted by Crippen LogP contribution is -2.32. The summed E-state index contributed by atoms with van der Waals surface area (Å²) >= 11 is 0. The van der Waals surface area contributed by atoms with E-state index in [1.165, 1.54) is 32.1 Å². The Morgan fingerprint density at radius 3 is 1.87 bits per heavy atom. The van der Waals surface area contributed by atoms with Gasteiger partial charge in [-0.15, -0.1) is 13.2 Å². The van der Waals surface area contributed by atoms with Crippen molar-refractivity contribution in [2.75, 3.05) is 32.8 Å². The molecule has 1 aliphatic rings. The van der Waals surface area contributed by atoms with E-state index in [1.807, 2.05) is 33.8 Å². The predicted octanol–water partition coefficient (Wildman–Crippen LogP) is 11.5. The number of aliphatic imine (C=N–C) groups is 1. The molecule has 1 saturated heterocycles. The quantitative estimate of drug-likeness (QED) is 0.0737. The molecule has 0 atom stereocenters. The van der Waals surface area contributed by atoms with E-state index < -0.39 is 17.6 Å². The van der Waals surface area contributed by atoms with Crippen molar-refractivity contribution < 1.29 is 22.7 Å². The van der Waals surface area contributed by atoms with Crippen molar-refractivity contribution in [3.63, 3.8) is 0 Å². The van der Waals surface area contributed by atoms with E-state index in [9.17, 15) is 18.0 Å². The van der Waals surface area contributed by atoms with Crippen LogP contribution in [0.15, 0.2) is 41.7 Å². The van der Waals surface area contributed by atoms with Crippen LogP contribution in [0.25, 0.3) is 0 Å². The number of nitrogens with zero attached hydrogens (tertiary/aromatic N) is 2. The topological polar surface area (TPSA) is 80.0 Å². The van der Waals surface area contributed by atoms with E-state index in [4.69, 9.17) is 10.5 Å². The van der Waals surface area contributed by atoms with Crippen LogP contribution in [0.4, 0.5) is 13.2 Å². The van der Waals surface area contributed by atoms with Gasteiger partial charge >= 0.3 is 6.18 Å². The fourth-order valence-corrected chi connectivity index (χ4v) is 3.73. The largest absolute Gasteiger partial charge is 0.421 e. The van der Waals surface area contributed by atoms with E-state index in [0.29, 0.717) is 38.0 Å². The molecule has 1 heterocycles. The van der Waals surface area contributed by atoms with Crippen molar-refractivity contribution in [2.45, 2.75) is 165 Å². The van der Waals surface area contributed by atoms with Crippen LogP contribution in [-0.4, -0.2) is 55.7 Å². The van der Waals surface area contributed by atoms with Crippen LogP contribution < -0.4 is 11.1 Å². The molecule has 1 aliphatic heterocycles. The van der Waals surface area contributed by atoms with Crippen LogP contribution in [0, 0.1) is 0 Å². The minimum Gasteiger partial charge on any atom is -0.383 e. The molecule has 0 radical (unpaired) electrons. The highest BCUT2D eigenvalue weighted by atomic mass is 19.4. The molecular weight excluding hydrogens is 601 g/mol. The smallest absolute Gasteiger partial charge is 0.383 e. The van der Waals surface area contributed by atoms with E-state index in [2.05, 4.69) is 65.0 Å². The van der Waals surface area contributed by atoms with Crippen molar-refractivity contribution in [3.8, 4) is 0 Å². The number of ether oxygens (including phenoxy) is 1. The number of rotatable bonds is 16. The molecule has 0 spiro atoms. The van der Waals surface area contributed by atoms with Crippen LogP contribution in [0.5, 0.6) is 0 Å². The summed E-state index contributed by atoms with van der Waals surface area (Å²) in [5.74, 6) is -0.427. The molecule has 1 amide bonds. The molecule has 0 bridgehead atoms. The third-order valence-corrected chi connectivity index (χ3v) is 6.01. The number of hydrogen-bond donors (Lipinski definition) is 2. The minimum atomic E-state index is -4.59. The molecule has 282 valence electrons. The predicted molar refractivity (Wildman–Crippen MR) is 202 cm³/mol. The molecule has 0 aliphatic carbocycles. The molecule has 0 aromatic rings. The Labute approximate surface area is 290 Å². The van der Waals surface area contributed by atoms with E-state index in [0.717, 1.165) is 57.9 Å². The number of alkyl halides is 3. The van der Waals surface area contributed by atoms with Gasteiger partial charge in [-0.05, 0) is 44.9 Å². The summed E-state index contributed by atoms with van der Waals surface area (Å²) in [5, 5.41) is 2.68. The zero-order valence-electron chi connectivity index (χ0n) is 32.4. The third kappa shape index (κ3) is 39.8. The Kier molecular flexibility index (Phi) is 50.4. The van der Waals surface area contributed by atoms with E-state index in [-0.39, 0.29) is 12.5 Å². The Balaban J connectivity index is -0.000000240. The molecule has 0 unspecified atom stereocenters. The molecular formula is C38H77F3N4O2. The van der Waals surface area contributed by atoms with Gasteiger partial charge in [0.15, 0.2) is 0 Å². The van der Waals surface area contributed by atoms with Gasteiger partial charge in [0.1, 0.15) is 11.4 Å². The summed E-state index contributed by atoms with van der Waals surface area (Å²) in [7, 11) is 0. The van der Waals surface area contributed by atoms with Gasteiger partial charge in [-0.2, -0.15) is 13.2 Å². The number of amidine groups is 1. The van der Waals surface area contributed by atoms with Crippen LogP contribution in [0.3, 0.4) is 0 Å².